The van der Waals surface area contributed by atoms with Gasteiger partial charge in [0, 0.05) is 166 Å². The first-order valence-corrected chi connectivity index (χ1v) is 45.3. The van der Waals surface area contributed by atoms with Gasteiger partial charge in [0.2, 0.25) is 0 Å². The minimum absolute atomic E-state index is 0. The van der Waals surface area contributed by atoms with Crippen molar-refractivity contribution in [3.63, 3.8) is 0 Å². The van der Waals surface area contributed by atoms with Crippen molar-refractivity contribution in [2.24, 2.45) is 84.6 Å². The normalized spacial score (nSPS) is 11.1. The molecule has 0 spiro atoms. The molecule has 0 fully saturated rings. The van der Waals surface area contributed by atoms with Crippen molar-refractivity contribution in [2.45, 2.75) is 0 Å². The van der Waals surface area contributed by atoms with E-state index in [9.17, 15) is 0 Å². The Bertz CT molecular complexity index is 8850. The molecule has 0 atom stereocenters. The van der Waals surface area contributed by atoms with Crippen LogP contribution >= 0.6 is 0 Å². The largest absolute Gasteiger partial charge is 2.00 e. The van der Waals surface area contributed by atoms with Crippen molar-refractivity contribution in [1.29, 1.82) is 0 Å². The topological polar surface area (TPSA) is 377 Å². The van der Waals surface area contributed by atoms with Gasteiger partial charge in [0.15, 0.2) is 0 Å². The van der Waals surface area contributed by atoms with Crippen LogP contribution in [-0.2, 0) is 211 Å². The number of imidazole rings is 12. The molecule has 0 aliphatic rings. The summed E-state index contributed by atoms with van der Waals surface area (Å²) >= 11 is 0. The summed E-state index contributed by atoms with van der Waals surface area (Å²) in [6.07, 6.45) is 63.0. The molecule has 24 heterocycles. The predicted molar refractivity (Wildman–Crippen MR) is 543 cm³/mol. The average molecular weight is 3060 g/mol. The third kappa shape index (κ3) is 19.6. The van der Waals surface area contributed by atoms with Gasteiger partial charge in [-0.05, 0) is 75.7 Å². The van der Waals surface area contributed by atoms with Gasteiger partial charge >= 0.3 is 126 Å². The second-order valence-electron chi connectivity index (χ2n) is 35.0. The number of benzene rings is 6. The van der Waals surface area contributed by atoms with Gasteiger partial charge in [-0.3, -0.25) is 0 Å². The zero-order valence-electron chi connectivity index (χ0n) is 81.2. The molecule has 0 aliphatic heterocycles. The summed E-state index contributed by atoms with van der Waals surface area (Å²) in [7, 11) is 23.1. The van der Waals surface area contributed by atoms with E-state index in [1.807, 2.05) is 302 Å². The number of aryl methyl sites for hydroxylation is 12. The van der Waals surface area contributed by atoms with Crippen LogP contribution < -0.4 is 29.9 Å². The van der Waals surface area contributed by atoms with Crippen molar-refractivity contribution in [1.82, 2.24) is 145 Å². The standard InChI is InChI=1S/5C18H13N5O.C14H10N3O.C4H5N2.6Pt/c5*1-22-6-14(19-9-22)11-4-3-5-12-16(11)21-17-13(8-24-18(12)17)15-7-23(2)10-20-15;1-17-6-12(15-8-17)10-7-18-14-9-4-2-3-5-11(9)16-13(10)14;1-6-3-2-5-4-6;;;;;;/h2*3-8,10H,1-2H3;3*3-9H,1-2H3;2-8H,1H3;2-3H,1H3;;;;;;/q5*-2;2*-1;6*+2. The molecule has 0 saturated carbocycles. The van der Waals surface area contributed by atoms with Crippen LogP contribution in [0.2, 0.25) is 0 Å². The van der Waals surface area contributed by atoms with Crippen LogP contribution in [0, 0.1) is 38.0 Å². The molecule has 0 bridgehead atoms. The second-order valence-corrected chi connectivity index (χ2v) is 35.0. The van der Waals surface area contributed by atoms with Crippen LogP contribution in [0.5, 0.6) is 0 Å². The summed E-state index contributed by atoms with van der Waals surface area (Å²) in [5.41, 5.74) is 34.9. The summed E-state index contributed by atoms with van der Waals surface area (Å²) in [4.78, 5) is 80.5. The van der Waals surface area contributed by atoms with Crippen molar-refractivity contribution in [3.8, 4) is 124 Å². The van der Waals surface area contributed by atoms with Crippen molar-refractivity contribution < 1.29 is 153 Å². The molecule has 0 amide bonds. The van der Waals surface area contributed by atoms with E-state index in [0.29, 0.717) is 0 Å². The van der Waals surface area contributed by atoms with Gasteiger partial charge < -0.3 is 141 Å². The number of aromatic nitrogens is 30. The van der Waals surface area contributed by atoms with E-state index in [2.05, 4.69) is 103 Å². The van der Waals surface area contributed by atoms with E-state index in [0.717, 1.165) is 256 Å². The maximum Gasteiger partial charge on any atom is 2.00 e. The zero-order valence-corrected chi connectivity index (χ0v) is 94.8. The average Bonchev–Trinajstić information content (AvgIpc) is 1.57. The smallest absolute Gasteiger partial charge is 0.654 e. The quantitative estimate of drug-likeness (QED) is 0.109. The Kier molecular flexibility index (Phi) is 30.2. The van der Waals surface area contributed by atoms with Crippen LogP contribution in [0.3, 0.4) is 0 Å². The third-order valence-corrected chi connectivity index (χ3v) is 24.6. The van der Waals surface area contributed by atoms with Gasteiger partial charge in [-0.1, -0.05) is 188 Å². The second kappa shape index (κ2) is 43.3. The van der Waals surface area contributed by atoms with Gasteiger partial charge in [0.05, 0.1) is 110 Å². The zero-order chi connectivity index (χ0) is 97.8. The number of furan rings is 6. The summed E-state index contributed by atoms with van der Waals surface area (Å²) in [6, 6.07) is 38.2. The summed E-state index contributed by atoms with van der Waals surface area (Å²) < 4.78 is 57.0. The van der Waals surface area contributed by atoms with Crippen LogP contribution in [0.4, 0.5) is 0 Å². The SMILES string of the molecule is Cn1[c-]nc(-c2cccc3c2[n-]c2c(-c4cn(C)cn4)coc23)c1.Cn1[c-]nc(-c2cccc3c2[n-]c2c(-c4cn(C)cn4)coc23)c1.Cn1[c-]nc(-c2coc3c2[n-]c2c(-c4cn(C)cn4)cccc23)c1.Cn1[c-]nc(-c2coc3c2[n-]c2c(-c4cn(C)cn4)cccc23)c1.Cn1[c-]nc(-c2coc3c2[n-]c2c(-c4cn(C)cn4)cccc23)c1.Cn1[c-]ncc1.Cn1cnc(-c2coc3c2[n-]c2ccccc23)c1.[Pt+2].[Pt+2].[Pt+2].[Pt+2].[Pt+2].[Pt+2]. The first-order valence-electron chi connectivity index (χ1n) is 45.3. The van der Waals surface area contributed by atoms with Crippen molar-refractivity contribution in [3.05, 3.63) is 309 Å². The van der Waals surface area contributed by atoms with Gasteiger partial charge in [-0.15, -0.1) is 76.5 Å². The van der Waals surface area contributed by atoms with Crippen LogP contribution in [-0.4, -0.2) is 115 Å². The molecule has 0 N–H and O–H groups in total. The Labute approximate surface area is 938 Å². The van der Waals surface area contributed by atoms with Gasteiger partial charge in [-0.25, -0.2) is 29.9 Å². The van der Waals surface area contributed by atoms with E-state index in [4.69, 9.17) is 51.4 Å². The van der Waals surface area contributed by atoms with E-state index in [-0.39, 0.29) is 126 Å². The molecule has 0 saturated heterocycles. The third-order valence-electron chi connectivity index (χ3n) is 24.6. The van der Waals surface area contributed by atoms with Crippen molar-refractivity contribution in [2.75, 3.05) is 0 Å². The predicted octanol–water partition coefficient (Wildman–Crippen LogP) is 18.9. The Morgan fingerprint density at radius 3 is 0.633 bits per heavy atom. The molecule has 36 nitrogen and oxygen atoms in total. The summed E-state index contributed by atoms with van der Waals surface area (Å²) in [5, 5.41) is 5.97. The number of rotatable bonds is 11. The number of hydrogen-bond acceptors (Lipinski definition) is 18. The van der Waals surface area contributed by atoms with E-state index in [1.165, 1.54) is 0 Å². The van der Waals surface area contributed by atoms with Crippen LogP contribution in [0.15, 0.2) is 298 Å². The molecule has 0 unspecified atom stereocenters. The first-order chi connectivity index (χ1) is 70.2. The minimum Gasteiger partial charge on any atom is -0.654 e. The molecule has 30 rings (SSSR count). The Morgan fingerprint density at radius 2 is 0.420 bits per heavy atom. The van der Waals surface area contributed by atoms with E-state index in [1.54, 1.807) is 109 Å². The minimum atomic E-state index is 0. The molecule has 24 aromatic heterocycles. The molecule has 758 valence electrons. The van der Waals surface area contributed by atoms with E-state index >= 15 is 0 Å². The fourth-order valence-electron chi connectivity index (χ4n) is 17.8. The Balaban J connectivity index is 0.000000115. The molecule has 6 aromatic carbocycles. The fourth-order valence-corrected chi connectivity index (χ4v) is 17.8. The van der Waals surface area contributed by atoms with E-state index < -0.39 is 0 Å². The molecule has 0 radical (unpaired) electrons. The fraction of sp³-hybridized carbons (Fsp3) is 0.111. The summed E-state index contributed by atoms with van der Waals surface area (Å²) in [5.74, 6) is 0. The number of hydrogen-bond donors (Lipinski definition) is 0. The summed E-state index contributed by atoms with van der Waals surface area (Å²) in [6.45, 7) is 0. The molecule has 0 aliphatic carbocycles. The van der Waals surface area contributed by atoms with Crippen molar-refractivity contribution >= 4 is 132 Å². The molecule has 150 heavy (non-hydrogen) atoms. The first kappa shape index (κ1) is 104. The molecular weight excluding hydrogens is 2980 g/mol. The monoisotopic (exact) mass is 3060 g/mol. The van der Waals surface area contributed by atoms with Crippen LogP contribution in [0.25, 0.3) is 256 Å². The van der Waals surface area contributed by atoms with Gasteiger partial charge in [0.1, 0.15) is 33.5 Å². The van der Waals surface area contributed by atoms with Gasteiger partial charge in [0.25, 0.3) is 0 Å². The molecule has 42 heteroatoms. The Morgan fingerprint density at radius 1 is 0.207 bits per heavy atom. The number of para-hydroxylation sites is 6. The number of nitrogens with zero attached hydrogens (tertiary/aromatic N) is 30. The maximum atomic E-state index is 5.82. The number of fused-ring (bicyclic) bond motifs is 18. The maximum absolute atomic E-state index is 5.82. The molecule has 30 aromatic rings. The Hall–Kier alpha value is -15.6. The van der Waals surface area contributed by atoms with Crippen LogP contribution in [0.1, 0.15) is 0 Å². The van der Waals surface area contributed by atoms with Gasteiger partial charge in [-0.2, -0.15) is 0 Å². The molecular formula is C108H80N30O6Pt6.